The molecule has 1 heterocycles. The zero-order valence-corrected chi connectivity index (χ0v) is 22.8. The van der Waals surface area contributed by atoms with Crippen molar-refractivity contribution in [3.05, 3.63) is 53.2 Å². The van der Waals surface area contributed by atoms with Crippen molar-refractivity contribution < 1.29 is 24.2 Å². The first kappa shape index (κ1) is 28.7. The predicted octanol–water partition coefficient (Wildman–Crippen LogP) is 3.95. The van der Waals surface area contributed by atoms with Crippen LogP contribution in [0.2, 0.25) is 0 Å². The molecule has 1 aromatic heterocycles. The zero-order chi connectivity index (χ0) is 27.8. The van der Waals surface area contributed by atoms with Gasteiger partial charge < -0.3 is 30.5 Å². The Balaban J connectivity index is 1.96. The highest BCUT2D eigenvalue weighted by atomic mass is 16.5. The summed E-state index contributed by atoms with van der Waals surface area (Å²) in [6.07, 6.45) is 3.02. The lowest BCUT2D eigenvalue weighted by atomic mass is 10.0. The van der Waals surface area contributed by atoms with E-state index in [9.17, 15) is 14.7 Å². The molecule has 0 unspecified atom stereocenters. The first-order valence-electron chi connectivity index (χ1n) is 12.8. The number of carbonyl (C=O) groups excluding carboxylic acids is 2. The molecular weight excluding hydrogens is 484 g/mol. The Morgan fingerprint density at radius 3 is 2.58 bits per heavy atom. The van der Waals surface area contributed by atoms with Gasteiger partial charge >= 0.3 is 0 Å². The molecule has 0 atom stereocenters. The summed E-state index contributed by atoms with van der Waals surface area (Å²) in [7, 11) is 3.36. The van der Waals surface area contributed by atoms with E-state index in [1.54, 1.807) is 31.3 Å². The Kier molecular flexibility index (Phi) is 9.90. The van der Waals surface area contributed by atoms with Crippen molar-refractivity contribution in [3.63, 3.8) is 0 Å². The van der Waals surface area contributed by atoms with Crippen molar-refractivity contribution in [1.82, 2.24) is 9.88 Å². The molecule has 0 bridgehead atoms. The molecular formula is C29H38N4O5. The van der Waals surface area contributed by atoms with E-state index in [-0.39, 0.29) is 24.9 Å². The molecule has 2 aromatic carbocycles. The van der Waals surface area contributed by atoms with E-state index in [1.165, 1.54) is 0 Å². The van der Waals surface area contributed by atoms with Crippen LogP contribution in [0.3, 0.4) is 0 Å². The monoisotopic (exact) mass is 522 g/mol. The summed E-state index contributed by atoms with van der Waals surface area (Å²) < 4.78 is 11.7. The number of methoxy groups -OCH3 is 1. The number of anilines is 2. The standard InChI is InChI=1S/C29H38N4O5/c1-6-21-19(17-34)9-7-10-23(21)32-28-20(13-27(30)35)16-31-24-15-26(25(37-5)14-22(24)28)38-12-8-11-33(4)29(36)18(2)3/h7,9-10,14-16,18,34H,6,8,11-13,17H2,1-5H3,(H2,30,35)(H,31,32). The van der Waals surface area contributed by atoms with E-state index >= 15 is 0 Å². The van der Waals surface area contributed by atoms with E-state index in [1.807, 2.05) is 45.0 Å². The number of rotatable bonds is 13. The van der Waals surface area contributed by atoms with Gasteiger partial charge in [0.15, 0.2) is 11.5 Å². The summed E-state index contributed by atoms with van der Waals surface area (Å²) in [5, 5.41) is 14.0. The highest BCUT2D eigenvalue weighted by Gasteiger charge is 2.18. The average molecular weight is 523 g/mol. The summed E-state index contributed by atoms with van der Waals surface area (Å²) in [4.78, 5) is 30.2. The number of amides is 2. The first-order chi connectivity index (χ1) is 18.2. The number of benzene rings is 2. The summed E-state index contributed by atoms with van der Waals surface area (Å²) in [6.45, 7) is 6.70. The number of carbonyl (C=O) groups is 2. The number of hydrogen-bond donors (Lipinski definition) is 3. The maximum absolute atomic E-state index is 12.1. The molecule has 0 saturated heterocycles. The molecule has 9 heteroatoms. The molecule has 0 aliphatic heterocycles. The Bertz CT molecular complexity index is 1290. The number of pyridine rings is 1. The number of fused-ring (bicyclic) bond motifs is 1. The normalized spacial score (nSPS) is 11.0. The number of nitrogens with zero attached hydrogens (tertiary/aromatic N) is 2. The van der Waals surface area contributed by atoms with Crippen LogP contribution >= 0.6 is 0 Å². The topological polar surface area (TPSA) is 127 Å². The number of aliphatic hydroxyl groups is 1. The van der Waals surface area contributed by atoms with Crippen molar-refractivity contribution in [2.45, 2.75) is 46.6 Å². The number of primary amides is 1. The molecule has 0 radical (unpaired) electrons. The van der Waals surface area contributed by atoms with E-state index in [0.29, 0.717) is 54.3 Å². The second-order valence-electron chi connectivity index (χ2n) is 9.52. The van der Waals surface area contributed by atoms with Crippen molar-refractivity contribution in [2.75, 3.05) is 32.6 Å². The van der Waals surface area contributed by atoms with Gasteiger partial charge in [0.1, 0.15) is 0 Å². The van der Waals surface area contributed by atoms with Gasteiger partial charge in [-0.3, -0.25) is 14.6 Å². The minimum Gasteiger partial charge on any atom is -0.493 e. The molecule has 0 fully saturated rings. The quantitative estimate of drug-likeness (QED) is 0.290. The van der Waals surface area contributed by atoms with E-state index in [4.69, 9.17) is 15.2 Å². The maximum Gasteiger partial charge on any atom is 0.224 e. The van der Waals surface area contributed by atoms with Gasteiger partial charge in [-0.1, -0.05) is 32.9 Å². The second kappa shape index (κ2) is 13.1. The molecule has 0 saturated carbocycles. The summed E-state index contributed by atoms with van der Waals surface area (Å²) in [5.41, 5.74) is 10.2. The van der Waals surface area contributed by atoms with Gasteiger partial charge in [0.05, 0.1) is 37.9 Å². The molecule has 0 aliphatic carbocycles. The number of nitrogens with one attached hydrogen (secondary N) is 1. The van der Waals surface area contributed by atoms with Crippen LogP contribution in [-0.4, -0.2) is 54.1 Å². The molecule has 0 aliphatic rings. The third kappa shape index (κ3) is 6.72. The van der Waals surface area contributed by atoms with Crippen molar-refractivity contribution in [1.29, 1.82) is 0 Å². The Labute approximate surface area is 223 Å². The average Bonchev–Trinajstić information content (AvgIpc) is 2.90. The van der Waals surface area contributed by atoms with Gasteiger partial charge in [0, 0.05) is 48.4 Å². The minimum atomic E-state index is -0.471. The number of hydrogen-bond acceptors (Lipinski definition) is 7. The van der Waals surface area contributed by atoms with Crippen molar-refractivity contribution >= 4 is 34.1 Å². The smallest absolute Gasteiger partial charge is 0.224 e. The SMILES string of the molecule is CCc1c(CO)cccc1Nc1c(CC(N)=O)cnc2cc(OCCCN(C)C(=O)C(C)C)c(OC)cc12. The van der Waals surface area contributed by atoms with E-state index < -0.39 is 5.91 Å². The van der Waals surface area contributed by atoms with Crippen LogP contribution in [0.15, 0.2) is 36.5 Å². The highest BCUT2D eigenvalue weighted by molar-refractivity contribution is 5.98. The predicted molar refractivity (Wildman–Crippen MR) is 149 cm³/mol. The number of aromatic nitrogens is 1. The molecule has 9 nitrogen and oxygen atoms in total. The van der Waals surface area contributed by atoms with Crippen LogP contribution in [0.4, 0.5) is 11.4 Å². The fraction of sp³-hybridized carbons (Fsp3) is 0.414. The van der Waals surface area contributed by atoms with Gasteiger partial charge in [-0.05, 0) is 36.1 Å². The lowest BCUT2D eigenvalue weighted by Crippen LogP contribution is -2.32. The van der Waals surface area contributed by atoms with Gasteiger partial charge in [0.2, 0.25) is 11.8 Å². The van der Waals surface area contributed by atoms with Crippen LogP contribution in [0.25, 0.3) is 10.9 Å². The van der Waals surface area contributed by atoms with Crippen LogP contribution in [0.1, 0.15) is 43.9 Å². The highest BCUT2D eigenvalue weighted by Crippen LogP contribution is 2.38. The summed E-state index contributed by atoms with van der Waals surface area (Å²) >= 11 is 0. The fourth-order valence-electron chi connectivity index (χ4n) is 4.47. The largest absolute Gasteiger partial charge is 0.493 e. The summed E-state index contributed by atoms with van der Waals surface area (Å²) in [5.74, 6) is 0.636. The van der Waals surface area contributed by atoms with Crippen LogP contribution < -0.4 is 20.5 Å². The maximum atomic E-state index is 12.1. The molecule has 3 aromatic rings. The molecule has 4 N–H and O–H groups in total. The number of nitrogens with two attached hydrogens (primary N) is 1. The van der Waals surface area contributed by atoms with Gasteiger partial charge in [-0.15, -0.1) is 0 Å². The van der Waals surface area contributed by atoms with Crippen molar-refractivity contribution in [3.8, 4) is 11.5 Å². The fourth-order valence-corrected chi connectivity index (χ4v) is 4.47. The zero-order valence-electron chi connectivity index (χ0n) is 22.8. The van der Waals surface area contributed by atoms with Crippen LogP contribution in [-0.2, 0) is 29.0 Å². The number of ether oxygens (including phenoxy) is 2. The Morgan fingerprint density at radius 2 is 1.95 bits per heavy atom. The lowest BCUT2D eigenvalue weighted by molar-refractivity contribution is -0.133. The third-order valence-electron chi connectivity index (χ3n) is 6.42. The molecule has 204 valence electrons. The number of aliphatic hydroxyl groups excluding tert-OH is 1. The van der Waals surface area contributed by atoms with Crippen LogP contribution in [0, 0.1) is 5.92 Å². The molecule has 0 spiro atoms. The van der Waals surface area contributed by atoms with Gasteiger partial charge in [-0.25, -0.2) is 0 Å². The molecule has 2 amide bonds. The minimum absolute atomic E-state index is 0.00953. The van der Waals surface area contributed by atoms with Crippen LogP contribution in [0.5, 0.6) is 11.5 Å². The third-order valence-corrected chi connectivity index (χ3v) is 6.42. The Morgan fingerprint density at radius 1 is 1.18 bits per heavy atom. The van der Waals surface area contributed by atoms with E-state index in [2.05, 4.69) is 10.3 Å². The first-order valence-corrected chi connectivity index (χ1v) is 12.8. The molecule has 38 heavy (non-hydrogen) atoms. The lowest BCUT2D eigenvalue weighted by Gasteiger charge is -2.20. The summed E-state index contributed by atoms with van der Waals surface area (Å²) in [6, 6.07) is 9.35. The van der Waals surface area contributed by atoms with Gasteiger partial charge in [-0.2, -0.15) is 0 Å². The second-order valence-corrected chi connectivity index (χ2v) is 9.52. The Hall–Kier alpha value is -3.85. The van der Waals surface area contributed by atoms with Gasteiger partial charge in [0.25, 0.3) is 0 Å². The molecule has 3 rings (SSSR count). The van der Waals surface area contributed by atoms with Crippen molar-refractivity contribution in [2.24, 2.45) is 11.7 Å². The van der Waals surface area contributed by atoms with E-state index in [0.717, 1.165) is 22.2 Å².